The second-order valence-corrected chi connectivity index (χ2v) is 9.42. The minimum absolute atomic E-state index is 0.0394. The van der Waals surface area contributed by atoms with Gasteiger partial charge in [0, 0.05) is 30.4 Å². The minimum Gasteiger partial charge on any atom is -0.457 e. The largest absolute Gasteiger partial charge is 0.457 e. The second kappa shape index (κ2) is 8.69. The molecule has 0 radical (unpaired) electrons. The Morgan fingerprint density at radius 1 is 1.18 bits per heavy atom. The lowest BCUT2D eigenvalue weighted by Crippen LogP contribution is -2.35. The van der Waals surface area contributed by atoms with Gasteiger partial charge in [-0.1, -0.05) is 13.0 Å². The Balaban J connectivity index is 1.42. The van der Waals surface area contributed by atoms with Crippen LogP contribution in [0.2, 0.25) is 0 Å². The summed E-state index contributed by atoms with van der Waals surface area (Å²) < 4.78 is 7.19. The fraction of sp³-hybridized carbons (Fsp3) is 0.500. The highest BCUT2D eigenvalue weighted by Crippen LogP contribution is 2.29. The quantitative estimate of drug-likeness (QED) is 0.700. The van der Waals surface area contributed by atoms with Gasteiger partial charge < -0.3 is 19.5 Å². The molecule has 0 saturated carbocycles. The molecule has 1 aromatic heterocycles. The van der Waals surface area contributed by atoms with Gasteiger partial charge in [0.15, 0.2) is 0 Å². The summed E-state index contributed by atoms with van der Waals surface area (Å²) in [5.74, 6) is -0.398. The van der Waals surface area contributed by atoms with Crippen molar-refractivity contribution in [2.45, 2.75) is 77.6 Å². The molecule has 3 aliphatic rings. The number of hydrogen-bond donors (Lipinski definition) is 1. The number of nitrogens with one attached hydrogen (secondary N) is 1. The van der Waals surface area contributed by atoms with Crippen LogP contribution in [-0.4, -0.2) is 39.8 Å². The smallest absolute Gasteiger partial charge is 0.338 e. The molecule has 3 aliphatic heterocycles. The van der Waals surface area contributed by atoms with Crippen LogP contribution < -0.4 is 5.32 Å². The van der Waals surface area contributed by atoms with Crippen LogP contribution in [0.4, 0.5) is 0 Å². The van der Waals surface area contributed by atoms with Crippen LogP contribution in [0.15, 0.2) is 24.3 Å². The molecule has 0 spiro atoms. The van der Waals surface area contributed by atoms with Crippen LogP contribution in [0.25, 0.3) is 0 Å². The van der Waals surface area contributed by atoms with Gasteiger partial charge >= 0.3 is 5.97 Å². The molecule has 1 N–H and O–H groups in total. The number of carbonyl (C=O) groups excluding carboxylic acids is 3. The van der Waals surface area contributed by atoms with Gasteiger partial charge in [-0.3, -0.25) is 9.59 Å². The maximum absolute atomic E-state index is 13.4. The highest BCUT2D eigenvalue weighted by Gasteiger charge is 2.32. The number of cyclic esters (lactones) is 1. The molecule has 7 nitrogen and oxygen atoms in total. The summed E-state index contributed by atoms with van der Waals surface area (Å²) >= 11 is 0. The van der Waals surface area contributed by atoms with E-state index in [9.17, 15) is 14.4 Å². The number of nitrogens with zero attached hydrogens (tertiary/aromatic N) is 2. The van der Waals surface area contributed by atoms with Crippen LogP contribution in [0.1, 0.15) is 100 Å². The van der Waals surface area contributed by atoms with Crippen LogP contribution in [-0.2, 0) is 24.3 Å². The number of hydrogen-bond acceptors (Lipinski definition) is 4. The molecular formula is C26H31N3O4. The number of aromatic nitrogens is 1. The molecule has 2 amide bonds. The first-order valence-electron chi connectivity index (χ1n) is 12.1. The van der Waals surface area contributed by atoms with E-state index in [1.165, 1.54) is 0 Å². The monoisotopic (exact) mass is 449 g/mol. The van der Waals surface area contributed by atoms with E-state index >= 15 is 0 Å². The first kappa shape index (κ1) is 21.7. The van der Waals surface area contributed by atoms with Crippen molar-refractivity contribution >= 4 is 17.8 Å². The van der Waals surface area contributed by atoms with Gasteiger partial charge in [0.05, 0.1) is 17.2 Å². The maximum Gasteiger partial charge on any atom is 0.338 e. The number of fused-ring (bicyclic) bond motifs is 2. The molecule has 0 bridgehead atoms. The predicted octanol–water partition coefficient (Wildman–Crippen LogP) is 4.00. The molecule has 1 aromatic carbocycles. The fourth-order valence-corrected chi connectivity index (χ4v) is 5.46. The molecule has 2 atom stereocenters. The number of likely N-dealkylation sites (tertiary alicyclic amines) is 1. The van der Waals surface area contributed by atoms with Gasteiger partial charge in [0.1, 0.15) is 12.3 Å². The summed E-state index contributed by atoms with van der Waals surface area (Å²) in [5.41, 5.74) is 4.64. The molecule has 174 valence electrons. The summed E-state index contributed by atoms with van der Waals surface area (Å²) in [6.07, 6.45) is 5.62. The Bertz CT molecular complexity index is 1120. The van der Waals surface area contributed by atoms with E-state index in [0.29, 0.717) is 23.2 Å². The number of benzene rings is 1. The van der Waals surface area contributed by atoms with E-state index in [1.54, 1.807) is 6.07 Å². The van der Waals surface area contributed by atoms with Gasteiger partial charge in [0.25, 0.3) is 11.8 Å². The van der Waals surface area contributed by atoms with Crippen molar-refractivity contribution in [3.05, 3.63) is 57.9 Å². The molecule has 4 heterocycles. The highest BCUT2D eigenvalue weighted by atomic mass is 16.5. The summed E-state index contributed by atoms with van der Waals surface area (Å²) in [4.78, 5) is 40.5. The average molecular weight is 450 g/mol. The van der Waals surface area contributed by atoms with Crippen molar-refractivity contribution in [1.29, 1.82) is 0 Å². The Morgan fingerprint density at radius 2 is 2.03 bits per heavy atom. The van der Waals surface area contributed by atoms with E-state index in [-0.39, 0.29) is 36.5 Å². The van der Waals surface area contributed by atoms with E-state index in [0.717, 1.165) is 62.0 Å². The third-order valence-electron chi connectivity index (χ3n) is 7.36. The standard InChI is InChI=1S/C26H31N3O4/c1-3-21(17-9-10-19-18(13-17)15-33-26(19)32)27-24(30)20-14-23(29-11-5-4-8-22(20)29)25(31)28-12-6-7-16(28)2/h9-10,13-14,16,21H,3-8,11-12,15H2,1-2H3,(H,27,30). The maximum atomic E-state index is 13.4. The number of amides is 2. The summed E-state index contributed by atoms with van der Waals surface area (Å²) in [5, 5.41) is 3.18. The number of rotatable bonds is 5. The number of ether oxygens (including phenoxy) is 1. The Kier molecular flexibility index (Phi) is 5.72. The fourth-order valence-electron chi connectivity index (χ4n) is 5.46. The zero-order valence-corrected chi connectivity index (χ0v) is 19.4. The molecule has 0 aliphatic carbocycles. The van der Waals surface area contributed by atoms with Crippen molar-refractivity contribution < 1.29 is 19.1 Å². The lowest BCUT2D eigenvalue weighted by molar-refractivity contribution is 0.0534. The lowest BCUT2D eigenvalue weighted by Gasteiger charge is -2.24. The molecule has 1 saturated heterocycles. The summed E-state index contributed by atoms with van der Waals surface area (Å²) in [6, 6.07) is 7.49. The van der Waals surface area contributed by atoms with E-state index in [1.807, 2.05) is 30.0 Å². The van der Waals surface area contributed by atoms with E-state index in [2.05, 4.69) is 16.8 Å². The minimum atomic E-state index is -0.293. The van der Waals surface area contributed by atoms with Crippen molar-refractivity contribution in [3.8, 4) is 0 Å². The normalized spacial score (nSPS) is 20.2. The second-order valence-electron chi connectivity index (χ2n) is 9.42. The molecule has 2 unspecified atom stereocenters. The number of esters is 1. The van der Waals surface area contributed by atoms with Crippen molar-refractivity contribution in [2.24, 2.45) is 0 Å². The Labute approximate surface area is 194 Å². The van der Waals surface area contributed by atoms with Gasteiger partial charge in [-0.05, 0) is 69.2 Å². The van der Waals surface area contributed by atoms with Crippen molar-refractivity contribution in [2.75, 3.05) is 6.54 Å². The molecular weight excluding hydrogens is 418 g/mol. The van der Waals surface area contributed by atoms with Crippen LogP contribution in [0.3, 0.4) is 0 Å². The first-order valence-corrected chi connectivity index (χ1v) is 12.1. The average Bonchev–Trinajstić information content (AvgIpc) is 3.53. The third kappa shape index (κ3) is 3.83. The zero-order valence-electron chi connectivity index (χ0n) is 19.4. The summed E-state index contributed by atoms with van der Waals surface area (Å²) in [6.45, 7) is 5.96. The van der Waals surface area contributed by atoms with E-state index in [4.69, 9.17) is 4.74 Å². The van der Waals surface area contributed by atoms with Gasteiger partial charge in [-0.15, -0.1) is 0 Å². The predicted molar refractivity (Wildman–Crippen MR) is 123 cm³/mol. The Morgan fingerprint density at radius 3 is 2.79 bits per heavy atom. The SMILES string of the molecule is CCC(NC(=O)c1cc(C(=O)N2CCCC2C)n2c1CCCC2)c1ccc2c(c1)COC2=O. The Hall–Kier alpha value is -3.09. The first-order chi connectivity index (χ1) is 16.0. The van der Waals surface area contributed by atoms with E-state index < -0.39 is 0 Å². The zero-order chi connectivity index (χ0) is 23.1. The molecule has 7 heteroatoms. The van der Waals surface area contributed by atoms with Crippen LogP contribution in [0, 0.1) is 0 Å². The third-order valence-corrected chi connectivity index (χ3v) is 7.36. The lowest BCUT2D eigenvalue weighted by atomic mass is 9.98. The molecule has 5 rings (SSSR count). The van der Waals surface area contributed by atoms with Crippen LogP contribution >= 0.6 is 0 Å². The number of carbonyl (C=O) groups is 3. The van der Waals surface area contributed by atoms with Crippen molar-refractivity contribution in [3.63, 3.8) is 0 Å². The highest BCUT2D eigenvalue weighted by molar-refractivity contribution is 6.01. The molecule has 2 aromatic rings. The van der Waals surface area contributed by atoms with Gasteiger partial charge in [0.2, 0.25) is 0 Å². The van der Waals surface area contributed by atoms with Gasteiger partial charge in [-0.25, -0.2) is 4.79 Å². The molecule has 33 heavy (non-hydrogen) atoms. The summed E-state index contributed by atoms with van der Waals surface area (Å²) in [7, 11) is 0. The van der Waals surface area contributed by atoms with Crippen molar-refractivity contribution in [1.82, 2.24) is 14.8 Å². The molecule has 1 fully saturated rings. The van der Waals surface area contributed by atoms with Gasteiger partial charge in [-0.2, -0.15) is 0 Å². The topological polar surface area (TPSA) is 80.6 Å². The van der Waals surface area contributed by atoms with Crippen LogP contribution in [0.5, 0.6) is 0 Å².